The zero-order valence-corrected chi connectivity index (χ0v) is 13.9. The SMILES string of the molecule is COc1ccc(NC(=O)OC(C)(C)C)cc1C1CCCCN1. The number of ether oxygens (including phenoxy) is 2. The van der Waals surface area contributed by atoms with Crippen LogP contribution < -0.4 is 15.4 Å². The molecule has 0 aromatic heterocycles. The van der Waals surface area contributed by atoms with Crippen molar-refractivity contribution < 1.29 is 14.3 Å². The summed E-state index contributed by atoms with van der Waals surface area (Å²) in [7, 11) is 1.67. The Balaban J connectivity index is 2.14. The second kappa shape index (κ2) is 7.01. The highest BCUT2D eigenvalue weighted by Crippen LogP contribution is 2.32. The molecule has 1 unspecified atom stereocenters. The first-order valence-corrected chi connectivity index (χ1v) is 7.80. The molecule has 1 aromatic carbocycles. The zero-order chi connectivity index (χ0) is 16.2. The van der Waals surface area contributed by atoms with Crippen molar-refractivity contribution in [3.8, 4) is 5.75 Å². The van der Waals surface area contributed by atoms with Crippen LogP contribution in [-0.4, -0.2) is 25.3 Å². The second-order valence-electron chi connectivity index (χ2n) is 6.59. The highest BCUT2D eigenvalue weighted by atomic mass is 16.6. The molecule has 1 saturated heterocycles. The van der Waals surface area contributed by atoms with Gasteiger partial charge in [0.05, 0.1) is 7.11 Å². The van der Waals surface area contributed by atoms with Crippen LogP contribution in [0.5, 0.6) is 5.75 Å². The molecular formula is C17H26N2O3. The maximum atomic E-state index is 11.9. The Morgan fingerprint density at radius 3 is 2.68 bits per heavy atom. The van der Waals surface area contributed by atoms with Gasteiger partial charge in [-0.1, -0.05) is 6.42 Å². The van der Waals surface area contributed by atoms with Crippen molar-refractivity contribution in [1.82, 2.24) is 5.32 Å². The van der Waals surface area contributed by atoms with Gasteiger partial charge in [-0.15, -0.1) is 0 Å². The van der Waals surface area contributed by atoms with E-state index < -0.39 is 11.7 Å². The van der Waals surface area contributed by atoms with Crippen LogP contribution in [-0.2, 0) is 4.74 Å². The van der Waals surface area contributed by atoms with E-state index in [0.29, 0.717) is 0 Å². The number of hydrogen-bond donors (Lipinski definition) is 2. The van der Waals surface area contributed by atoms with E-state index in [4.69, 9.17) is 9.47 Å². The molecule has 0 saturated carbocycles. The minimum absolute atomic E-state index is 0.268. The largest absolute Gasteiger partial charge is 0.496 e. The molecule has 0 radical (unpaired) electrons. The number of piperidine rings is 1. The van der Waals surface area contributed by atoms with Crippen LogP contribution in [0, 0.1) is 0 Å². The third kappa shape index (κ3) is 4.63. The quantitative estimate of drug-likeness (QED) is 0.890. The average Bonchev–Trinajstić information content (AvgIpc) is 2.46. The minimum atomic E-state index is -0.510. The van der Waals surface area contributed by atoms with E-state index in [-0.39, 0.29) is 6.04 Å². The van der Waals surface area contributed by atoms with Crippen LogP contribution in [0.15, 0.2) is 18.2 Å². The van der Waals surface area contributed by atoms with Gasteiger partial charge in [-0.2, -0.15) is 0 Å². The summed E-state index contributed by atoms with van der Waals surface area (Å²) in [6, 6.07) is 5.95. The third-order valence-electron chi connectivity index (χ3n) is 3.56. The van der Waals surface area contributed by atoms with Gasteiger partial charge < -0.3 is 14.8 Å². The Morgan fingerprint density at radius 2 is 2.09 bits per heavy atom. The lowest BCUT2D eigenvalue weighted by Gasteiger charge is -2.26. The summed E-state index contributed by atoms with van der Waals surface area (Å²) in [5.74, 6) is 0.842. The first-order valence-electron chi connectivity index (χ1n) is 7.80. The molecule has 122 valence electrons. The van der Waals surface area contributed by atoms with Crippen LogP contribution in [0.2, 0.25) is 0 Å². The van der Waals surface area contributed by atoms with E-state index >= 15 is 0 Å². The Labute approximate surface area is 132 Å². The number of hydrogen-bond acceptors (Lipinski definition) is 4. The van der Waals surface area contributed by atoms with E-state index in [1.165, 1.54) is 12.8 Å². The number of carbonyl (C=O) groups excluding carboxylic acids is 1. The predicted octanol–water partition coefficient (Wildman–Crippen LogP) is 3.86. The van der Waals surface area contributed by atoms with E-state index in [1.807, 2.05) is 39.0 Å². The van der Waals surface area contributed by atoms with Gasteiger partial charge in [0.1, 0.15) is 11.4 Å². The van der Waals surface area contributed by atoms with Crippen LogP contribution in [0.25, 0.3) is 0 Å². The number of rotatable bonds is 3. The number of benzene rings is 1. The highest BCUT2D eigenvalue weighted by molar-refractivity contribution is 5.85. The van der Waals surface area contributed by atoms with Gasteiger partial charge in [-0.3, -0.25) is 5.32 Å². The summed E-state index contributed by atoms with van der Waals surface area (Å²) >= 11 is 0. The normalized spacial score (nSPS) is 18.6. The van der Waals surface area contributed by atoms with Gasteiger partial charge in [0.25, 0.3) is 0 Å². The van der Waals surface area contributed by atoms with Crippen molar-refractivity contribution in [2.75, 3.05) is 19.0 Å². The molecule has 2 N–H and O–H groups in total. The number of carbonyl (C=O) groups is 1. The first-order chi connectivity index (χ1) is 10.4. The zero-order valence-electron chi connectivity index (χ0n) is 13.9. The fourth-order valence-corrected chi connectivity index (χ4v) is 2.62. The van der Waals surface area contributed by atoms with E-state index in [1.54, 1.807) is 7.11 Å². The molecule has 22 heavy (non-hydrogen) atoms. The third-order valence-corrected chi connectivity index (χ3v) is 3.56. The Morgan fingerprint density at radius 1 is 1.32 bits per heavy atom. The molecule has 1 aliphatic rings. The van der Waals surface area contributed by atoms with Gasteiger partial charge in [0.2, 0.25) is 0 Å². The van der Waals surface area contributed by atoms with Crippen molar-refractivity contribution in [1.29, 1.82) is 0 Å². The Bertz CT molecular complexity index is 517. The summed E-state index contributed by atoms with van der Waals surface area (Å²) in [5.41, 5.74) is 1.29. The fourth-order valence-electron chi connectivity index (χ4n) is 2.62. The average molecular weight is 306 g/mol. The van der Waals surface area contributed by atoms with Gasteiger partial charge in [0, 0.05) is 17.3 Å². The lowest BCUT2D eigenvalue weighted by atomic mass is 9.96. The molecule has 5 nitrogen and oxygen atoms in total. The van der Waals surface area contributed by atoms with Crippen LogP contribution in [0.4, 0.5) is 10.5 Å². The van der Waals surface area contributed by atoms with E-state index in [0.717, 1.165) is 30.0 Å². The maximum Gasteiger partial charge on any atom is 0.412 e. The van der Waals surface area contributed by atoms with E-state index in [9.17, 15) is 4.79 Å². The molecule has 1 aromatic rings. The van der Waals surface area contributed by atoms with Crippen molar-refractivity contribution in [3.05, 3.63) is 23.8 Å². The minimum Gasteiger partial charge on any atom is -0.496 e. The molecule has 0 bridgehead atoms. The molecule has 1 amide bonds. The van der Waals surface area contributed by atoms with Gasteiger partial charge in [0.15, 0.2) is 0 Å². The summed E-state index contributed by atoms with van der Waals surface area (Å²) in [4.78, 5) is 11.9. The Hall–Kier alpha value is -1.75. The number of nitrogens with one attached hydrogen (secondary N) is 2. The second-order valence-corrected chi connectivity index (χ2v) is 6.59. The molecule has 0 aliphatic carbocycles. The summed E-state index contributed by atoms with van der Waals surface area (Å²) < 4.78 is 10.7. The van der Waals surface area contributed by atoms with Crippen molar-refractivity contribution in [3.63, 3.8) is 0 Å². The highest BCUT2D eigenvalue weighted by Gasteiger charge is 2.20. The van der Waals surface area contributed by atoms with Crippen LogP contribution in [0.1, 0.15) is 51.6 Å². The van der Waals surface area contributed by atoms with E-state index in [2.05, 4.69) is 10.6 Å². The molecule has 1 heterocycles. The summed E-state index contributed by atoms with van der Waals surface area (Å²) in [5, 5.41) is 6.29. The first kappa shape index (κ1) is 16.6. The molecule has 2 rings (SSSR count). The standard InChI is InChI=1S/C17H26N2O3/c1-17(2,3)22-16(20)19-12-8-9-15(21-4)13(11-12)14-7-5-6-10-18-14/h8-9,11,14,18H,5-7,10H2,1-4H3,(H,19,20). The lowest BCUT2D eigenvalue weighted by molar-refractivity contribution is 0.0636. The number of amides is 1. The number of methoxy groups -OCH3 is 1. The van der Waals surface area contributed by atoms with Crippen molar-refractivity contribution >= 4 is 11.8 Å². The van der Waals surface area contributed by atoms with Crippen LogP contribution in [0.3, 0.4) is 0 Å². The fraction of sp³-hybridized carbons (Fsp3) is 0.588. The molecular weight excluding hydrogens is 280 g/mol. The topological polar surface area (TPSA) is 59.6 Å². The molecule has 1 atom stereocenters. The van der Waals surface area contributed by atoms with Crippen molar-refractivity contribution in [2.45, 2.75) is 51.7 Å². The molecule has 1 aliphatic heterocycles. The Kier molecular flexibility index (Phi) is 5.29. The van der Waals surface area contributed by atoms with Gasteiger partial charge >= 0.3 is 6.09 Å². The van der Waals surface area contributed by atoms with Crippen molar-refractivity contribution in [2.24, 2.45) is 0 Å². The molecule has 5 heteroatoms. The predicted molar refractivity (Wildman–Crippen MR) is 87.4 cm³/mol. The summed E-state index contributed by atoms with van der Waals surface area (Å²) in [6.07, 6.45) is 3.03. The van der Waals surface area contributed by atoms with Crippen LogP contribution >= 0.6 is 0 Å². The summed E-state index contributed by atoms with van der Waals surface area (Å²) in [6.45, 7) is 6.55. The maximum absolute atomic E-state index is 11.9. The lowest BCUT2D eigenvalue weighted by Crippen LogP contribution is -2.28. The molecule has 1 fully saturated rings. The smallest absolute Gasteiger partial charge is 0.412 e. The number of anilines is 1. The van der Waals surface area contributed by atoms with Gasteiger partial charge in [-0.25, -0.2) is 4.79 Å². The monoisotopic (exact) mass is 306 g/mol. The van der Waals surface area contributed by atoms with Gasteiger partial charge in [-0.05, 0) is 58.4 Å². The molecule has 0 spiro atoms.